The molecule has 1 amide bonds. The highest BCUT2D eigenvalue weighted by atomic mass is 16.1. The first-order chi connectivity index (χ1) is 12.6. The van der Waals surface area contributed by atoms with Crippen molar-refractivity contribution in [3.63, 3.8) is 0 Å². The van der Waals surface area contributed by atoms with Gasteiger partial charge in [-0.25, -0.2) is 4.68 Å². The standard InChI is InChI=1S/C21H21N3O2/c1-16-7-12-21(26)24(23-16)14-13-22-20(25)15-17-8-10-19(11-9-17)18-5-3-2-4-6-18/h2-12H,13-15H2,1H3,(H,22,25). The van der Waals surface area contributed by atoms with E-state index in [0.717, 1.165) is 22.4 Å². The van der Waals surface area contributed by atoms with Crippen molar-refractivity contribution in [3.8, 4) is 11.1 Å². The Morgan fingerprint density at radius 1 is 0.962 bits per heavy atom. The molecule has 0 bridgehead atoms. The lowest BCUT2D eigenvalue weighted by Gasteiger charge is -2.08. The average molecular weight is 347 g/mol. The third-order valence-electron chi connectivity index (χ3n) is 4.07. The number of carbonyl (C=O) groups is 1. The fourth-order valence-corrected chi connectivity index (χ4v) is 2.71. The zero-order valence-corrected chi connectivity index (χ0v) is 14.7. The molecule has 0 spiro atoms. The van der Waals surface area contributed by atoms with Crippen molar-refractivity contribution in [3.05, 3.63) is 88.3 Å². The van der Waals surface area contributed by atoms with Gasteiger partial charge in [0.2, 0.25) is 5.91 Å². The van der Waals surface area contributed by atoms with Crippen LogP contribution in [-0.2, 0) is 17.8 Å². The minimum atomic E-state index is -0.165. The third kappa shape index (κ3) is 4.66. The van der Waals surface area contributed by atoms with Gasteiger partial charge in [0.25, 0.3) is 5.56 Å². The molecule has 2 aromatic carbocycles. The van der Waals surface area contributed by atoms with E-state index < -0.39 is 0 Å². The smallest absolute Gasteiger partial charge is 0.266 e. The minimum Gasteiger partial charge on any atom is -0.354 e. The molecule has 26 heavy (non-hydrogen) atoms. The van der Waals surface area contributed by atoms with Crippen LogP contribution in [0.5, 0.6) is 0 Å². The van der Waals surface area contributed by atoms with Gasteiger partial charge in [0.15, 0.2) is 0 Å². The second-order valence-corrected chi connectivity index (χ2v) is 6.13. The van der Waals surface area contributed by atoms with Crippen LogP contribution in [-0.4, -0.2) is 22.2 Å². The van der Waals surface area contributed by atoms with E-state index in [9.17, 15) is 9.59 Å². The van der Waals surface area contributed by atoms with E-state index in [2.05, 4.69) is 22.5 Å². The molecule has 0 atom stereocenters. The second-order valence-electron chi connectivity index (χ2n) is 6.13. The predicted molar refractivity (Wildman–Crippen MR) is 102 cm³/mol. The summed E-state index contributed by atoms with van der Waals surface area (Å²) >= 11 is 0. The quantitative estimate of drug-likeness (QED) is 0.745. The summed E-state index contributed by atoms with van der Waals surface area (Å²) in [7, 11) is 0. The van der Waals surface area contributed by atoms with Crippen LogP contribution < -0.4 is 10.9 Å². The Balaban J connectivity index is 1.52. The maximum atomic E-state index is 12.1. The summed E-state index contributed by atoms with van der Waals surface area (Å²) in [6, 6.07) is 21.3. The zero-order chi connectivity index (χ0) is 18.4. The third-order valence-corrected chi connectivity index (χ3v) is 4.07. The van der Waals surface area contributed by atoms with Crippen molar-refractivity contribution < 1.29 is 4.79 Å². The van der Waals surface area contributed by atoms with E-state index in [-0.39, 0.29) is 11.5 Å². The van der Waals surface area contributed by atoms with Crippen molar-refractivity contribution in [2.75, 3.05) is 6.54 Å². The molecule has 3 aromatic rings. The molecule has 0 saturated carbocycles. The Bertz CT molecular complexity index is 931. The van der Waals surface area contributed by atoms with Gasteiger partial charge >= 0.3 is 0 Å². The lowest BCUT2D eigenvalue weighted by atomic mass is 10.0. The lowest BCUT2D eigenvalue weighted by molar-refractivity contribution is -0.120. The van der Waals surface area contributed by atoms with Gasteiger partial charge in [-0.3, -0.25) is 9.59 Å². The van der Waals surface area contributed by atoms with E-state index in [1.165, 1.54) is 10.7 Å². The molecule has 132 valence electrons. The number of hydrogen-bond donors (Lipinski definition) is 1. The van der Waals surface area contributed by atoms with E-state index in [0.29, 0.717) is 19.5 Å². The molecule has 0 saturated heterocycles. The van der Waals surface area contributed by atoms with Gasteiger partial charge in [0, 0.05) is 12.6 Å². The van der Waals surface area contributed by atoms with E-state index in [1.54, 1.807) is 6.07 Å². The largest absolute Gasteiger partial charge is 0.354 e. The molecular formula is C21H21N3O2. The van der Waals surface area contributed by atoms with Crippen molar-refractivity contribution in [1.29, 1.82) is 0 Å². The number of aromatic nitrogens is 2. The molecule has 1 N–H and O–H groups in total. The molecule has 5 nitrogen and oxygen atoms in total. The number of hydrogen-bond acceptors (Lipinski definition) is 3. The monoisotopic (exact) mass is 347 g/mol. The van der Waals surface area contributed by atoms with Crippen LogP contribution in [0.3, 0.4) is 0 Å². The SMILES string of the molecule is Cc1ccc(=O)n(CCNC(=O)Cc2ccc(-c3ccccc3)cc2)n1. The Morgan fingerprint density at radius 2 is 1.65 bits per heavy atom. The number of aryl methyl sites for hydroxylation is 1. The second kappa shape index (κ2) is 8.25. The highest BCUT2D eigenvalue weighted by Gasteiger charge is 2.05. The number of benzene rings is 2. The van der Waals surface area contributed by atoms with E-state index in [4.69, 9.17) is 0 Å². The highest BCUT2D eigenvalue weighted by Crippen LogP contribution is 2.19. The molecule has 1 aromatic heterocycles. The average Bonchev–Trinajstić information content (AvgIpc) is 2.66. The summed E-state index contributed by atoms with van der Waals surface area (Å²) in [6.45, 7) is 2.56. The number of rotatable bonds is 6. The fraction of sp³-hybridized carbons (Fsp3) is 0.190. The van der Waals surface area contributed by atoms with Crippen molar-refractivity contribution in [2.45, 2.75) is 19.9 Å². The van der Waals surface area contributed by atoms with Crippen LogP contribution >= 0.6 is 0 Å². The van der Waals surface area contributed by atoms with Gasteiger partial charge in [-0.05, 0) is 29.7 Å². The molecule has 0 unspecified atom stereocenters. The molecule has 0 aliphatic heterocycles. The predicted octanol–water partition coefficient (Wildman–Crippen LogP) is 2.58. The van der Waals surface area contributed by atoms with E-state index in [1.807, 2.05) is 49.4 Å². The number of carbonyl (C=O) groups excluding carboxylic acids is 1. The number of nitrogens with one attached hydrogen (secondary N) is 1. The Morgan fingerprint density at radius 3 is 2.38 bits per heavy atom. The lowest BCUT2D eigenvalue weighted by Crippen LogP contribution is -2.32. The first-order valence-corrected chi connectivity index (χ1v) is 8.58. The van der Waals surface area contributed by atoms with Crippen molar-refractivity contribution in [1.82, 2.24) is 15.1 Å². The molecule has 5 heteroatoms. The van der Waals surface area contributed by atoms with Crippen LogP contribution in [0.15, 0.2) is 71.5 Å². The highest BCUT2D eigenvalue weighted by molar-refractivity contribution is 5.78. The summed E-state index contributed by atoms with van der Waals surface area (Å²) in [4.78, 5) is 23.8. The van der Waals surface area contributed by atoms with Gasteiger partial charge in [0.1, 0.15) is 0 Å². The maximum Gasteiger partial charge on any atom is 0.266 e. The van der Waals surface area contributed by atoms with Crippen LogP contribution in [0, 0.1) is 6.92 Å². The molecular weight excluding hydrogens is 326 g/mol. The Kier molecular flexibility index (Phi) is 5.59. The summed E-state index contributed by atoms with van der Waals surface area (Å²) in [5.74, 6) is -0.0711. The molecule has 0 aliphatic rings. The summed E-state index contributed by atoms with van der Waals surface area (Å²) in [5, 5.41) is 6.98. The normalized spacial score (nSPS) is 10.5. The van der Waals surface area contributed by atoms with Gasteiger partial charge in [-0.15, -0.1) is 0 Å². The molecule has 0 radical (unpaired) electrons. The van der Waals surface area contributed by atoms with Crippen LogP contribution in [0.25, 0.3) is 11.1 Å². The summed E-state index contributed by atoms with van der Waals surface area (Å²) in [6.07, 6.45) is 0.311. The zero-order valence-electron chi connectivity index (χ0n) is 14.7. The summed E-state index contributed by atoms with van der Waals surface area (Å²) < 4.78 is 1.37. The molecule has 0 aliphatic carbocycles. The van der Waals surface area contributed by atoms with Crippen LogP contribution in [0.4, 0.5) is 0 Å². The van der Waals surface area contributed by atoms with Gasteiger partial charge in [-0.1, -0.05) is 54.6 Å². The maximum absolute atomic E-state index is 12.1. The van der Waals surface area contributed by atoms with Gasteiger partial charge in [-0.2, -0.15) is 5.10 Å². The molecule has 1 heterocycles. The van der Waals surface area contributed by atoms with Crippen molar-refractivity contribution in [2.24, 2.45) is 0 Å². The van der Waals surface area contributed by atoms with Crippen LogP contribution in [0.1, 0.15) is 11.3 Å². The topological polar surface area (TPSA) is 64.0 Å². The van der Waals surface area contributed by atoms with Gasteiger partial charge < -0.3 is 5.32 Å². The fourth-order valence-electron chi connectivity index (χ4n) is 2.71. The van der Waals surface area contributed by atoms with Crippen molar-refractivity contribution >= 4 is 5.91 Å². The van der Waals surface area contributed by atoms with Crippen LogP contribution in [0.2, 0.25) is 0 Å². The van der Waals surface area contributed by atoms with Gasteiger partial charge in [0.05, 0.1) is 18.7 Å². The summed E-state index contributed by atoms with van der Waals surface area (Å²) in [5.41, 5.74) is 3.84. The molecule has 0 fully saturated rings. The Hall–Kier alpha value is -3.21. The Labute approximate surface area is 152 Å². The molecule has 3 rings (SSSR count). The number of amides is 1. The first kappa shape index (κ1) is 17.6. The number of nitrogens with zero attached hydrogens (tertiary/aromatic N) is 2. The minimum absolute atomic E-state index is 0.0711. The van der Waals surface area contributed by atoms with E-state index >= 15 is 0 Å². The first-order valence-electron chi connectivity index (χ1n) is 8.58.